The van der Waals surface area contributed by atoms with E-state index in [4.69, 9.17) is 9.84 Å². The molecule has 0 radical (unpaired) electrons. The van der Waals surface area contributed by atoms with Gasteiger partial charge in [-0.3, -0.25) is 0 Å². The van der Waals surface area contributed by atoms with Crippen LogP contribution in [0.15, 0.2) is 18.2 Å². The van der Waals surface area contributed by atoms with Gasteiger partial charge in [-0.15, -0.1) is 11.3 Å². The molecule has 1 N–H and O–H groups in total. The second-order valence-corrected chi connectivity index (χ2v) is 6.64. The third-order valence-corrected chi connectivity index (χ3v) is 3.48. The van der Waals surface area contributed by atoms with E-state index in [9.17, 15) is 0 Å². The smallest absolute Gasteiger partial charge is 0.146 e. The Kier molecular flexibility index (Phi) is 3.88. The molecule has 1 heterocycles. The van der Waals surface area contributed by atoms with E-state index in [1.165, 1.54) is 0 Å². The number of benzene rings is 1. The van der Waals surface area contributed by atoms with Gasteiger partial charge in [0.2, 0.25) is 0 Å². The van der Waals surface area contributed by atoms with Crippen LogP contribution in [0, 0.1) is 5.41 Å². The van der Waals surface area contributed by atoms with Crippen LogP contribution < -0.4 is 4.74 Å². The fraction of sp³-hybridized carbons (Fsp3) is 0.500. The first-order valence-corrected chi connectivity index (χ1v) is 6.93. The highest BCUT2D eigenvalue weighted by atomic mass is 32.1. The lowest BCUT2D eigenvalue weighted by Crippen LogP contribution is -2.08. The zero-order valence-corrected chi connectivity index (χ0v) is 11.9. The predicted molar refractivity (Wildman–Crippen MR) is 75.4 cm³/mol. The zero-order valence-electron chi connectivity index (χ0n) is 11.1. The normalized spacial score (nSPS) is 12.0. The molecule has 0 amide bonds. The van der Waals surface area contributed by atoms with Crippen LogP contribution in [0.5, 0.6) is 5.75 Å². The van der Waals surface area contributed by atoms with Gasteiger partial charge in [-0.25, -0.2) is 4.98 Å². The lowest BCUT2D eigenvalue weighted by atomic mass is 9.93. The number of rotatable bonds is 4. The van der Waals surface area contributed by atoms with Gasteiger partial charge in [-0.2, -0.15) is 0 Å². The molecular formula is C14H19NO2S. The van der Waals surface area contributed by atoms with Crippen molar-refractivity contribution in [2.45, 2.75) is 27.2 Å². The molecule has 0 aliphatic rings. The molecule has 0 saturated heterocycles. The molecule has 18 heavy (non-hydrogen) atoms. The van der Waals surface area contributed by atoms with Crippen molar-refractivity contribution in [3.8, 4) is 5.75 Å². The van der Waals surface area contributed by atoms with E-state index in [0.29, 0.717) is 6.61 Å². The molecule has 0 aliphatic heterocycles. The number of hydrogen-bond acceptors (Lipinski definition) is 4. The summed E-state index contributed by atoms with van der Waals surface area (Å²) < 4.78 is 6.65. The third-order valence-electron chi connectivity index (χ3n) is 2.46. The largest absolute Gasteiger partial charge is 0.489 e. The molecule has 2 aromatic rings. The number of aliphatic hydroxyl groups excluding tert-OH is 1. The SMILES string of the molecule is CC(C)(C)Cc1nc2c(OCCO)cccc2s1. The van der Waals surface area contributed by atoms with Crippen LogP contribution in [-0.2, 0) is 6.42 Å². The van der Waals surface area contributed by atoms with E-state index >= 15 is 0 Å². The molecule has 1 aromatic carbocycles. The van der Waals surface area contributed by atoms with Crippen LogP contribution in [0.25, 0.3) is 10.2 Å². The van der Waals surface area contributed by atoms with Gasteiger partial charge in [0.1, 0.15) is 17.9 Å². The molecule has 0 fully saturated rings. The molecule has 0 bridgehead atoms. The van der Waals surface area contributed by atoms with Gasteiger partial charge in [0, 0.05) is 6.42 Å². The van der Waals surface area contributed by atoms with Crippen LogP contribution in [-0.4, -0.2) is 23.3 Å². The number of aromatic nitrogens is 1. The summed E-state index contributed by atoms with van der Waals surface area (Å²) in [5.41, 5.74) is 1.15. The van der Waals surface area contributed by atoms with Crippen molar-refractivity contribution in [1.29, 1.82) is 0 Å². The first-order chi connectivity index (χ1) is 8.49. The van der Waals surface area contributed by atoms with Gasteiger partial charge in [0.25, 0.3) is 0 Å². The van der Waals surface area contributed by atoms with Gasteiger partial charge in [0.15, 0.2) is 0 Å². The summed E-state index contributed by atoms with van der Waals surface area (Å²) in [6.07, 6.45) is 0.964. The number of ether oxygens (including phenoxy) is 1. The maximum atomic E-state index is 8.81. The van der Waals surface area contributed by atoms with Crippen molar-refractivity contribution in [2.75, 3.05) is 13.2 Å². The lowest BCUT2D eigenvalue weighted by Gasteiger charge is -2.15. The highest BCUT2D eigenvalue weighted by molar-refractivity contribution is 7.18. The van der Waals surface area contributed by atoms with Crippen molar-refractivity contribution in [3.05, 3.63) is 23.2 Å². The first-order valence-electron chi connectivity index (χ1n) is 6.12. The highest BCUT2D eigenvalue weighted by Gasteiger charge is 2.16. The fourth-order valence-corrected chi connectivity index (χ4v) is 3.06. The monoisotopic (exact) mass is 265 g/mol. The van der Waals surface area contributed by atoms with E-state index in [2.05, 4.69) is 31.8 Å². The minimum Gasteiger partial charge on any atom is -0.489 e. The van der Waals surface area contributed by atoms with Crippen LogP contribution in [0.1, 0.15) is 25.8 Å². The summed E-state index contributed by atoms with van der Waals surface area (Å²) in [7, 11) is 0. The third kappa shape index (κ3) is 3.21. The molecule has 1 aromatic heterocycles. The molecule has 4 heteroatoms. The summed E-state index contributed by atoms with van der Waals surface area (Å²) in [4.78, 5) is 4.66. The Balaban J connectivity index is 2.32. The maximum absolute atomic E-state index is 8.81. The first kappa shape index (κ1) is 13.3. The van der Waals surface area contributed by atoms with Gasteiger partial charge in [0.05, 0.1) is 16.3 Å². The quantitative estimate of drug-likeness (QED) is 0.922. The topological polar surface area (TPSA) is 42.4 Å². The summed E-state index contributed by atoms with van der Waals surface area (Å²) in [5.74, 6) is 0.762. The van der Waals surface area contributed by atoms with Crippen LogP contribution in [0.4, 0.5) is 0 Å². The second kappa shape index (κ2) is 5.24. The predicted octanol–water partition coefficient (Wildman–Crippen LogP) is 3.26. The molecular weight excluding hydrogens is 246 g/mol. The summed E-state index contributed by atoms with van der Waals surface area (Å²) >= 11 is 1.72. The van der Waals surface area contributed by atoms with Crippen molar-refractivity contribution in [1.82, 2.24) is 4.98 Å². The Bertz CT molecular complexity index is 528. The Morgan fingerprint density at radius 3 is 2.78 bits per heavy atom. The lowest BCUT2D eigenvalue weighted by molar-refractivity contribution is 0.202. The van der Waals surface area contributed by atoms with E-state index in [0.717, 1.165) is 27.4 Å². The Labute approximate surface area is 111 Å². The van der Waals surface area contributed by atoms with Gasteiger partial charge in [-0.1, -0.05) is 26.8 Å². The molecule has 98 valence electrons. The summed E-state index contributed by atoms with van der Waals surface area (Å²) in [5, 5.41) is 9.95. The van der Waals surface area contributed by atoms with Crippen LogP contribution in [0.3, 0.4) is 0 Å². The summed E-state index contributed by atoms with van der Waals surface area (Å²) in [6, 6.07) is 5.93. The average Bonchev–Trinajstić information content (AvgIpc) is 2.66. The van der Waals surface area contributed by atoms with E-state index in [1.54, 1.807) is 11.3 Å². The number of para-hydroxylation sites is 1. The Morgan fingerprint density at radius 1 is 1.33 bits per heavy atom. The minimum atomic E-state index is 0.0232. The minimum absolute atomic E-state index is 0.0232. The molecule has 2 rings (SSSR count). The van der Waals surface area contributed by atoms with Crippen molar-refractivity contribution in [3.63, 3.8) is 0 Å². The van der Waals surface area contributed by atoms with E-state index in [-0.39, 0.29) is 12.0 Å². The molecule has 0 atom stereocenters. The standard InChI is InChI=1S/C14H19NO2S/c1-14(2,3)9-12-15-13-10(17-8-7-16)5-4-6-11(13)18-12/h4-6,16H,7-9H2,1-3H3. The van der Waals surface area contributed by atoms with Crippen LogP contribution in [0.2, 0.25) is 0 Å². The fourth-order valence-electron chi connectivity index (χ4n) is 1.77. The van der Waals surface area contributed by atoms with Gasteiger partial charge in [-0.05, 0) is 17.5 Å². The van der Waals surface area contributed by atoms with Crippen molar-refractivity contribution >= 4 is 21.6 Å². The Morgan fingerprint density at radius 2 is 2.11 bits per heavy atom. The molecule has 0 unspecified atom stereocenters. The number of thiazole rings is 1. The Hall–Kier alpha value is -1.13. The number of hydrogen-bond donors (Lipinski definition) is 1. The molecule has 0 saturated carbocycles. The summed E-state index contributed by atoms with van der Waals surface area (Å²) in [6.45, 7) is 6.97. The maximum Gasteiger partial charge on any atom is 0.146 e. The van der Waals surface area contributed by atoms with E-state index in [1.807, 2.05) is 12.1 Å². The highest BCUT2D eigenvalue weighted by Crippen LogP contribution is 2.32. The van der Waals surface area contributed by atoms with Crippen molar-refractivity contribution in [2.24, 2.45) is 5.41 Å². The van der Waals surface area contributed by atoms with Crippen LogP contribution >= 0.6 is 11.3 Å². The number of nitrogens with zero attached hydrogens (tertiary/aromatic N) is 1. The zero-order chi connectivity index (χ0) is 13.2. The average molecular weight is 265 g/mol. The van der Waals surface area contributed by atoms with E-state index < -0.39 is 0 Å². The second-order valence-electron chi connectivity index (χ2n) is 5.52. The van der Waals surface area contributed by atoms with Crippen molar-refractivity contribution < 1.29 is 9.84 Å². The number of aliphatic hydroxyl groups is 1. The van der Waals surface area contributed by atoms with Gasteiger partial charge < -0.3 is 9.84 Å². The number of fused-ring (bicyclic) bond motifs is 1. The molecule has 3 nitrogen and oxygen atoms in total. The molecule has 0 aliphatic carbocycles. The van der Waals surface area contributed by atoms with Gasteiger partial charge >= 0.3 is 0 Å². The molecule has 0 spiro atoms.